The summed E-state index contributed by atoms with van der Waals surface area (Å²) in [5, 5.41) is 7.24. The molecule has 1 aliphatic heterocycles. The van der Waals surface area contributed by atoms with Crippen LogP contribution in [0.25, 0.3) is 11.1 Å². The van der Waals surface area contributed by atoms with Crippen LogP contribution in [0.1, 0.15) is 51.5 Å². The van der Waals surface area contributed by atoms with Crippen molar-refractivity contribution in [3.63, 3.8) is 0 Å². The maximum Gasteiger partial charge on any atom is 0.158 e. The smallest absolute Gasteiger partial charge is 0.158 e. The van der Waals surface area contributed by atoms with Crippen LogP contribution in [-0.2, 0) is 6.54 Å². The summed E-state index contributed by atoms with van der Waals surface area (Å²) in [6.45, 7) is 6.92. The highest BCUT2D eigenvalue weighted by molar-refractivity contribution is 6.32. The van der Waals surface area contributed by atoms with E-state index in [1.54, 1.807) is 6.07 Å². The van der Waals surface area contributed by atoms with Crippen LogP contribution in [0.15, 0.2) is 42.7 Å². The van der Waals surface area contributed by atoms with E-state index in [1.165, 1.54) is 38.4 Å². The van der Waals surface area contributed by atoms with Crippen molar-refractivity contribution in [3.8, 4) is 11.1 Å². The highest BCUT2D eigenvalue weighted by Gasteiger charge is 2.28. The molecule has 0 bridgehead atoms. The van der Waals surface area contributed by atoms with Gasteiger partial charge in [-0.15, -0.1) is 0 Å². The number of anilines is 4. The van der Waals surface area contributed by atoms with Gasteiger partial charge in [0.2, 0.25) is 0 Å². The van der Waals surface area contributed by atoms with Crippen molar-refractivity contribution >= 4 is 34.5 Å². The fourth-order valence-corrected chi connectivity index (χ4v) is 5.89. The van der Waals surface area contributed by atoms with Crippen molar-refractivity contribution in [2.24, 2.45) is 0 Å². The largest absolute Gasteiger partial charge is 0.393 e. The lowest BCUT2D eigenvalue weighted by Crippen LogP contribution is -2.55. The van der Waals surface area contributed by atoms with E-state index in [2.05, 4.69) is 57.4 Å². The number of nitrogens with zero attached hydrogens (tertiary/aromatic N) is 4. The minimum absolute atomic E-state index is 0.191. The van der Waals surface area contributed by atoms with E-state index in [9.17, 15) is 0 Å². The number of nitrogen functional groups attached to an aromatic ring is 1. The number of benzene rings is 2. The summed E-state index contributed by atoms with van der Waals surface area (Å²) in [5.41, 5.74) is 10.7. The molecule has 1 aliphatic carbocycles. The molecule has 9 heteroatoms. The van der Waals surface area contributed by atoms with Crippen molar-refractivity contribution in [1.82, 2.24) is 20.2 Å². The van der Waals surface area contributed by atoms with Crippen LogP contribution in [-0.4, -0.2) is 53.1 Å². The van der Waals surface area contributed by atoms with Crippen molar-refractivity contribution in [3.05, 3.63) is 59.3 Å². The highest BCUT2D eigenvalue weighted by atomic mass is 35.5. The predicted octanol–water partition coefficient (Wildman–Crippen LogP) is 6.21. The molecule has 0 unspecified atom stereocenters. The molecule has 1 aromatic heterocycles. The van der Waals surface area contributed by atoms with Gasteiger partial charge in [-0.1, -0.05) is 43.0 Å². The number of piperazine rings is 1. The summed E-state index contributed by atoms with van der Waals surface area (Å²) < 4.78 is 15.2. The zero-order valence-corrected chi connectivity index (χ0v) is 23.8. The normalized spacial score (nSPS) is 20.8. The van der Waals surface area contributed by atoms with Crippen LogP contribution < -0.4 is 21.3 Å². The zero-order valence-electron chi connectivity index (χ0n) is 23.1. The quantitative estimate of drug-likeness (QED) is 0.301. The summed E-state index contributed by atoms with van der Waals surface area (Å²) in [6.07, 6.45) is 7.69. The Morgan fingerprint density at radius 3 is 2.51 bits per heavy atom. The Hall–Kier alpha value is -2.94. The molecule has 5 rings (SSSR count). The average Bonchev–Trinajstić information content (AvgIpc) is 2.94. The minimum atomic E-state index is -0.249. The predicted molar refractivity (Wildman–Crippen MR) is 159 cm³/mol. The number of nitrogens with one attached hydrogen (secondary N) is 2. The summed E-state index contributed by atoms with van der Waals surface area (Å²) in [7, 11) is 2.16. The average molecular weight is 552 g/mol. The Morgan fingerprint density at radius 1 is 1.03 bits per heavy atom. The fourth-order valence-electron chi connectivity index (χ4n) is 5.75. The van der Waals surface area contributed by atoms with Crippen molar-refractivity contribution in [2.45, 2.75) is 70.6 Å². The molecule has 0 radical (unpaired) electrons. The van der Waals surface area contributed by atoms with Gasteiger partial charge in [0.1, 0.15) is 17.8 Å². The van der Waals surface area contributed by atoms with Gasteiger partial charge < -0.3 is 21.3 Å². The highest BCUT2D eigenvalue weighted by Crippen LogP contribution is 2.37. The monoisotopic (exact) mass is 551 g/mol. The van der Waals surface area contributed by atoms with Crippen LogP contribution >= 0.6 is 11.6 Å². The van der Waals surface area contributed by atoms with Crippen molar-refractivity contribution < 1.29 is 4.39 Å². The summed E-state index contributed by atoms with van der Waals surface area (Å²) >= 11 is 6.19. The number of hydrogen-bond donors (Lipinski definition) is 3. The van der Waals surface area contributed by atoms with Crippen LogP contribution in [0.2, 0.25) is 5.15 Å². The van der Waals surface area contributed by atoms with Gasteiger partial charge in [0.05, 0.1) is 11.4 Å². The van der Waals surface area contributed by atoms with Gasteiger partial charge in [0.25, 0.3) is 0 Å². The van der Waals surface area contributed by atoms with Gasteiger partial charge in [-0.3, -0.25) is 4.90 Å². The number of aromatic nitrogens is 2. The van der Waals surface area contributed by atoms with Gasteiger partial charge in [0.15, 0.2) is 11.0 Å². The van der Waals surface area contributed by atoms with Crippen LogP contribution in [0.4, 0.5) is 27.3 Å². The first kappa shape index (κ1) is 27.6. The molecule has 208 valence electrons. The Bertz CT molecular complexity index is 1280. The third-order valence-corrected chi connectivity index (χ3v) is 8.63. The number of likely N-dealkylation sites (N-methyl/N-ethyl adjacent to an activating group) is 1. The number of hydrogen-bond acceptors (Lipinski definition) is 7. The molecule has 2 atom stereocenters. The molecule has 2 aliphatic rings. The molecule has 2 heterocycles. The Kier molecular flexibility index (Phi) is 8.54. The molecule has 4 N–H and O–H groups in total. The Morgan fingerprint density at radius 2 is 1.77 bits per heavy atom. The van der Waals surface area contributed by atoms with E-state index in [1.807, 2.05) is 24.3 Å². The van der Waals surface area contributed by atoms with E-state index in [4.69, 9.17) is 17.3 Å². The first-order valence-corrected chi connectivity index (χ1v) is 14.3. The second-order valence-electron chi connectivity index (χ2n) is 11.1. The number of halogens is 2. The second-order valence-corrected chi connectivity index (χ2v) is 11.4. The van der Waals surface area contributed by atoms with Crippen molar-refractivity contribution in [2.75, 3.05) is 36.1 Å². The molecule has 1 saturated carbocycles. The van der Waals surface area contributed by atoms with E-state index >= 15 is 4.39 Å². The molecule has 3 aromatic rings. The molecular formula is C30H39ClFN7. The summed E-state index contributed by atoms with van der Waals surface area (Å²) in [4.78, 5) is 13.1. The topological polar surface area (TPSA) is 82.3 Å². The van der Waals surface area contributed by atoms with Gasteiger partial charge in [-0.05, 0) is 69.1 Å². The fraction of sp³-hybridized carbons (Fsp3) is 0.467. The summed E-state index contributed by atoms with van der Waals surface area (Å²) in [6, 6.07) is 12.8. The van der Waals surface area contributed by atoms with Gasteiger partial charge >= 0.3 is 0 Å². The molecule has 1 saturated heterocycles. The SMILES string of the molecule is C[C@@H]1CN(c2ccc(-c3cc(CNC4CCCCC4)ccc3F)cc2Nc2ncnc(Cl)c2N)C[C@H](C)N1C. The van der Waals surface area contributed by atoms with E-state index in [0.717, 1.165) is 42.1 Å². The molecular weight excluding hydrogens is 513 g/mol. The lowest BCUT2D eigenvalue weighted by atomic mass is 9.95. The zero-order chi connectivity index (χ0) is 27.5. The molecule has 7 nitrogen and oxygen atoms in total. The molecule has 2 fully saturated rings. The van der Waals surface area contributed by atoms with Gasteiger partial charge in [-0.25, -0.2) is 14.4 Å². The van der Waals surface area contributed by atoms with E-state index < -0.39 is 0 Å². The maximum atomic E-state index is 15.2. The minimum Gasteiger partial charge on any atom is -0.393 e. The lowest BCUT2D eigenvalue weighted by Gasteiger charge is -2.44. The van der Waals surface area contributed by atoms with Gasteiger partial charge in [-0.2, -0.15) is 0 Å². The van der Waals surface area contributed by atoms with Crippen molar-refractivity contribution in [1.29, 1.82) is 0 Å². The Labute approximate surface area is 236 Å². The Balaban J connectivity index is 1.48. The molecule has 0 spiro atoms. The van der Waals surface area contributed by atoms with E-state index in [-0.39, 0.29) is 16.7 Å². The lowest BCUT2D eigenvalue weighted by molar-refractivity contribution is 0.170. The first-order valence-electron chi connectivity index (χ1n) is 14.0. The van der Waals surface area contributed by atoms with Gasteiger partial charge in [0, 0.05) is 43.3 Å². The van der Waals surface area contributed by atoms with Crippen LogP contribution in [0.5, 0.6) is 0 Å². The van der Waals surface area contributed by atoms with Crippen LogP contribution in [0.3, 0.4) is 0 Å². The maximum absolute atomic E-state index is 15.2. The number of rotatable bonds is 7. The third-order valence-electron chi connectivity index (χ3n) is 8.33. The molecule has 0 amide bonds. The molecule has 2 aromatic carbocycles. The molecule has 39 heavy (non-hydrogen) atoms. The summed E-state index contributed by atoms with van der Waals surface area (Å²) in [5.74, 6) is 0.177. The van der Waals surface area contributed by atoms with E-state index in [0.29, 0.717) is 29.5 Å². The third kappa shape index (κ3) is 6.29. The number of nitrogens with two attached hydrogens (primary N) is 1. The second kappa shape index (κ2) is 12.1. The van der Waals surface area contributed by atoms with Crippen LogP contribution in [0, 0.1) is 5.82 Å². The first-order chi connectivity index (χ1) is 18.8. The standard InChI is InChI=1S/C30H39ClFN7/c1-19-16-39(17-20(2)38(19)3)27-12-10-22(14-26(27)37-30-28(33)29(31)35-18-36-30)24-13-21(9-11-25(24)32)15-34-23-7-5-4-6-8-23/h9-14,18-20,23,34H,4-8,15-17,33H2,1-3H3,(H,35,36,37)/t19-,20+.